The molecule has 2 aromatic carbocycles. The molecule has 0 aliphatic carbocycles. The minimum Gasteiger partial charge on any atom is -0.504 e. The summed E-state index contributed by atoms with van der Waals surface area (Å²) in [4.78, 5) is 12.5. The van der Waals surface area contributed by atoms with Gasteiger partial charge in [-0.2, -0.15) is 0 Å². The average Bonchev–Trinajstić information content (AvgIpc) is 2.78. The zero-order valence-corrected chi connectivity index (χ0v) is 17.9. The van der Waals surface area contributed by atoms with E-state index in [9.17, 15) is 9.90 Å². The smallest absolute Gasteiger partial charge is 0.204 e. The molecule has 0 atom stereocenters. The normalized spacial score (nSPS) is 11.2. The third-order valence-electron chi connectivity index (χ3n) is 5.12. The maximum absolute atomic E-state index is 12.5. The number of unbranched alkanes of at least 4 members (excludes halogenated alkanes) is 1. The molecule has 1 aromatic heterocycles. The molecule has 7 nitrogen and oxygen atoms in total. The van der Waals surface area contributed by atoms with Crippen molar-refractivity contribution >= 4 is 11.0 Å². The van der Waals surface area contributed by atoms with Crippen molar-refractivity contribution in [3.63, 3.8) is 0 Å². The Morgan fingerprint density at radius 1 is 1.00 bits per heavy atom. The van der Waals surface area contributed by atoms with Gasteiger partial charge in [-0.1, -0.05) is 24.3 Å². The van der Waals surface area contributed by atoms with Gasteiger partial charge in [0.25, 0.3) is 0 Å². The van der Waals surface area contributed by atoms with Gasteiger partial charge in [0.1, 0.15) is 5.76 Å². The summed E-state index contributed by atoms with van der Waals surface area (Å²) in [5.74, 6) is 0.523. The number of methoxy groups -OCH3 is 1. The van der Waals surface area contributed by atoms with Crippen LogP contribution in [0.5, 0.6) is 11.5 Å². The van der Waals surface area contributed by atoms with E-state index >= 15 is 0 Å². The number of hydrogen-bond acceptors (Lipinski definition) is 7. The Hall–Kier alpha value is -2.87. The Kier molecular flexibility index (Phi) is 8.46. The Labute approximate surface area is 182 Å². The van der Waals surface area contributed by atoms with Crippen molar-refractivity contribution in [2.24, 2.45) is 5.73 Å². The zero-order chi connectivity index (χ0) is 22.1. The molecule has 0 bridgehead atoms. The van der Waals surface area contributed by atoms with E-state index in [-0.39, 0.29) is 22.5 Å². The molecule has 0 spiro atoms. The highest BCUT2D eigenvalue weighted by Crippen LogP contribution is 2.35. The SMILES string of the molecule is COc1c(O)ccc2c(=O)cc(-c3ccc(CNCCCNCCCCN)cc3)oc12. The summed E-state index contributed by atoms with van der Waals surface area (Å²) in [6, 6.07) is 12.3. The highest BCUT2D eigenvalue weighted by Gasteiger charge is 2.14. The van der Waals surface area contributed by atoms with E-state index < -0.39 is 0 Å². The molecule has 0 amide bonds. The number of rotatable bonds is 12. The van der Waals surface area contributed by atoms with Crippen molar-refractivity contribution < 1.29 is 14.3 Å². The molecule has 0 aliphatic rings. The average molecular weight is 426 g/mol. The highest BCUT2D eigenvalue weighted by atomic mass is 16.5. The molecule has 7 heteroatoms. The van der Waals surface area contributed by atoms with Crippen molar-refractivity contribution in [2.45, 2.75) is 25.8 Å². The molecule has 31 heavy (non-hydrogen) atoms. The standard InChI is InChI=1S/C24H31N3O4/c1-30-24-20(28)10-9-19-21(29)15-22(31-23(19)24)18-7-5-17(6-8-18)16-27-14-4-13-26-12-3-2-11-25/h5-10,15,26-28H,2-4,11-14,16,25H2,1H3. The minimum absolute atomic E-state index is 0.0671. The third-order valence-corrected chi connectivity index (χ3v) is 5.12. The van der Waals surface area contributed by atoms with Crippen LogP contribution in [0, 0.1) is 0 Å². The van der Waals surface area contributed by atoms with E-state index in [1.54, 1.807) is 0 Å². The number of nitrogens with one attached hydrogen (secondary N) is 2. The molecule has 1 heterocycles. The summed E-state index contributed by atoms with van der Waals surface area (Å²) in [6.07, 6.45) is 3.26. The second kappa shape index (κ2) is 11.5. The topological polar surface area (TPSA) is 110 Å². The molecule has 0 saturated heterocycles. The van der Waals surface area contributed by atoms with Crippen LogP contribution in [0.25, 0.3) is 22.3 Å². The van der Waals surface area contributed by atoms with Crippen molar-refractivity contribution in [3.05, 3.63) is 58.3 Å². The maximum atomic E-state index is 12.5. The van der Waals surface area contributed by atoms with Crippen LogP contribution in [-0.2, 0) is 6.54 Å². The van der Waals surface area contributed by atoms with Gasteiger partial charge in [-0.3, -0.25) is 4.79 Å². The van der Waals surface area contributed by atoms with Crippen LogP contribution >= 0.6 is 0 Å². The second-order valence-corrected chi connectivity index (χ2v) is 7.44. The molecule has 0 radical (unpaired) electrons. The summed E-state index contributed by atoms with van der Waals surface area (Å²) in [5, 5.41) is 17.2. The molecule has 0 unspecified atom stereocenters. The number of hydrogen-bond donors (Lipinski definition) is 4. The van der Waals surface area contributed by atoms with Crippen LogP contribution in [0.1, 0.15) is 24.8 Å². The van der Waals surface area contributed by atoms with Gasteiger partial charge in [-0.05, 0) is 63.1 Å². The number of fused-ring (bicyclic) bond motifs is 1. The molecule has 3 rings (SSSR count). The summed E-state index contributed by atoms with van der Waals surface area (Å²) in [6.45, 7) is 4.49. The Morgan fingerprint density at radius 3 is 2.48 bits per heavy atom. The summed E-state index contributed by atoms with van der Waals surface area (Å²) >= 11 is 0. The Morgan fingerprint density at radius 2 is 1.74 bits per heavy atom. The number of benzene rings is 2. The highest BCUT2D eigenvalue weighted by molar-refractivity contribution is 5.86. The molecule has 0 saturated carbocycles. The molecule has 0 aliphatic heterocycles. The van der Waals surface area contributed by atoms with E-state index in [2.05, 4.69) is 10.6 Å². The number of aromatic hydroxyl groups is 1. The molecular formula is C24H31N3O4. The van der Waals surface area contributed by atoms with Gasteiger partial charge in [0.15, 0.2) is 16.8 Å². The largest absolute Gasteiger partial charge is 0.504 e. The summed E-state index contributed by atoms with van der Waals surface area (Å²) < 4.78 is 11.1. The van der Waals surface area contributed by atoms with Gasteiger partial charge in [-0.25, -0.2) is 0 Å². The monoisotopic (exact) mass is 425 g/mol. The number of phenols is 1. The van der Waals surface area contributed by atoms with Crippen LogP contribution in [0.3, 0.4) is 0 Å². The molecule has 166 valence electrons. The first kappa shape index (κ1) is 22.8. The van der Waals surface area contributed by atoms with Gasteiger partial charge in [0.2, 0.25) is 5.75 Å². The predicted octanol–water partition coefficient (Wildman–Crippen LogP) is 2.98. The quantitative estimate of drug-likeness (QED) is 0.330. The van der Waals surface area contributed by atoms with E-state index in [4.69, 9.17) is 14.9 Å². The van der Waals surface area contributed by atoms with Crippen LogP contribution in [0.4, 0.5) is 0 Å². The molecule has 0 fully saturated rings. The first-order valence-electron chi connectivity index (χ1n) is 10.7. The lowest BCUT2D eigenvalue weighted by Gasteiger charge is -2.09. The van der Waals surface area contributed by atoms with Gasteiger partial charge < -0.3 is 30.6 Å². The summed E-state index contributed by atoms with van der Waals surface area (Å²) in [5.41, 5.74) is 7.48. The van der Waals surface area contributed by atoms with Crippen LogP contribution in [0.2, 0.25) is 0 Å². The van der Waals surface area contributed by atoms with E-state index in [0.29, 0.717) is 11.1 Å². The fraction of sp³-hybridized carbons (Fsp3) is 0.375. The van der Waals surface area contributed by atoms with Crippen molar-refractivity contribution in [3.8, 4) is 22.8 Å². The number of phenolic OH excluding ortho intramolecular Hbond substituents is 1. The van der Waals surface area contributed by atoms with Crippen LogP contribution < -0.4 is 26.5 Å². The van der Waals surface area contributed by atoms with Crippen molar-refractivity contribution in [1.82, 2.24) is 10.6 Å². The maximum Gasteiger partial charge on any atom is 0.204 e. The van der Waals surface area contributed by atoms with Crippen LogP contribution in [0.15, 0.2) is 51.7 Å². The second-order valence-electron chi connectivity index (χ2n) is 7.44. The van der Waals surface area contributed by atoms with Gasteiger partial charge in [0.05, 0.1) is 12.5 Å². The molecular weight excluding hydrogens is 394 g/mol. The van der Waals surface area contributed by atoms with Crippen molar-refractivity contribution in [2.75, 3.05) is 33.3 Å². The fourth-order valence-corrected chi connectivity index (χ4v) is 3.40. The lowest BCUT2D eigenvalue weighted by Crippen LogP contribution is -2.22. The van der Waals surface area contributed by atoms with Gasteiger partial charge >= 0.3 is 0 Å². The zero-order valence-electron chi connectivity index (χ0n) is 17.9. The van der Waals surface area contributed by atoms with E-state index in [0.717, 1.165) is 63.1 Å². The fourth-order valence-electron chi connectivity index (χ4n) is 3.40. The van der Waals surface area contributed by atoms with Gasteiger partial charge in [-0.15, -0.1) is 0 Å². The Bertz CT molecular complexity index is 1030. The number of ether oxygens (including phenoxy) is 1. The predicted molar refractivity (Wildman–Crippen MR) is 124 cm³/mol. The first-order chi connectivity index (χ1) is 15.1. The minimum atomic E-state index is -0.183. The van der Waals surface area contributed by atoms with Gasteiger partial charge in [0, 0.05) is 18.2 Å². The van der Waals surface area contributed by atoms with E-state index in [1.807, 2.05) is 24.3 Å². The lowest BCUT2D eigenvalue weighted by atomic mass is 10.1. The van der Waals surface area contributed by atoms with Crippen LogP contribution in [-0.4, -0.2) is 38.4 Å². The Balaban J connectivity index is 1.58. The van der Waals surface area contributed by atoms with E-state index in [1.165, 1.54) is 25.3 Å². The lowest BCUT2D eigenvalue weighted by molar-refractivity contribution is 0.371. The summed E-state index contributed by atoms with van der Waals surface area (Å²) in [7, 11) is 1.43. The van der Waals surface area contributed by atoms with Crippen molar-refractivity contribution in [1.29, 1.82) is 0 Å². The molecule has 5 N–H and O–H groups in total. The first-order valence-corrected chi connectivity index (χ1v) is 10.7. The number of nitrogens with two attached hydrogens (primary N) is 1. The molecule has 3 aromatic rings. The third kappa shape index (κ3) is 6.07.